The minimum Gasteiger partial charge on any atom is -0.449 e. The van der Waals surface area contributed by atoms with Gasteiger partial charge in [0.2, 0.25) is 0 Å². The fourth-order valence-corrected chi connectivity index (χ4v) is 1.34. The van der Waals surface area contributed by atoms with Crippen molar-refractivity contribution < 1.29 is 19.2 Å². The zero-order chi connectivity index (χ0) is 15.1. The summed E-state index contributed by atoms with van der Waals surface area (Å²) in [5.41, 5.74) is 0.125. The van der Waals surface area contributed by atoms with Crippen molar-refractivity contribution in [3.63, 3.8) is 0 Å². The molecule has 7 heteroatoms. The number of carbonyl (C=O) groups excluding carboxylic acids is 2. The van der Waals surface area contributed by atoms with Crippen LogP contribution in [0.4, 0.5) is 11.4 Å². The van der Waals surface area contributed by atoms with Crippen LogP contribution in [0.1, 0.15) is 13.8 Å². The van der Waals surface area contributed by atoms with Crippen molar-refractivity contribution in [2.24, 2.45) is 0 Å². The van der Waals surface area contributed by atoms with Gasteiger partial charge in [0.25, 0.3) is 11.6 Å². The maximum absolute atomic E-state index is 11.8. The second-order valence-electron chi connectivity index (χ2n) is 3.88. The summed E-state index contributed by atoms with van der Waals surface area (Å²) >= 11 is 0. The Morgan fingerprint density at radius 1 is 1.45 bits per heavy atom. The molecule has 7 nitrogen and oxygen atoms in total. The highest BCUT2D eigenvalue weighted by molar-refractivity contribution is 5.96. The molecule has 0 unspecified atom stereocenters. The van der Waals surface area contributed by atoms with E-state index in [4.69, 9.17) is 4.74 Å². The summed E-state index contributed by atoms with van der Waals surface area (Å²) in [6.45, 7) is 3.06. The van der Waals surface area contributed by atoms with Crippen LogP contribution in [0.3, 0.4) is 0 Å². The first-order valence-corrected chi connectivity index (χ1v) is 5.82. The van der Waals surface area contributed by atoms with Crippen LogP contribution >= 0.6 is 0 Å². The first kappa shape index (κ1) is 15.4. The Morgan fingerprint density at radius 3 is 2.75 bits per heavy atom. The Balaban J connectivity index is 2.68. The number of allylic oxidation sites excluding steroid dienone is 1. The number of amides is 1. The maximum Gasteiger partial charge on any atom is 0.331 e. The van der Waals surface area contributed by atoms with Crippen molar-refractivity contribution in [2.45, 2.75) is 20.0 Å². The molecule has 1 atom stereocenters. The summed E-state index contributed by atoms with van der Waals surface area (Å²) in [5.74, 6) is -1.20. The van der Waals surface area contributed by atoms with E-state index in [0.29, 0.717) is 0 Å². The highest BCUT2D eigenvalue weighted by atomic mass is 16.6. The first-order valence-electron chi connectivity index (χ1n) is 5.82. The summed E-state index contributed by atoms with van der Waals surface area (Å²) in [7, 11) is 0. The molecule has 1 rings (SSSR count). The van der Waals surface area contributed by atoms with E-state index in [1.165, 1.54) is 43.3 Å². The van der Waals surface area contributed by atoms with Gasteiger partial charge in [-0.1, -0.05) is 12.1 Å². The van der Waals surface area contributed by atoms with Gasteiger partial charge in [0.15, 0.2) is 6.10 Å². The molecule has 1 aromatic carbocycles. The standard InChI is InChI=1S/C13H14N2O5/c1-3-5-12(16)20-9(2)13(17)14-10-6-4-7-11(8-10)15(18)19/h3-9H,1-2H3,(H,14,17)/b5-3+/t9-/m0/s1. The molecular formula is C13H14N2O5. The average molecular weight is 278 g/mol. The third-order valence-corrected chi connectivity index (χ3v) is 2.29. The van der Waals surface area contributed by atoms with E-state index in [1.54, 1.807) is 6.92 Å². The molecule has 1 amide bonds. The zero-order valence-electron chi connectivity index (χ0n) is 11.0. The number of nitrogens with zero attached hydrogens (tertiary/aromatic N) is 1. The Morgan fingerprint density at radius 2 is 2.15 bits per heavy atom. The summed E-state index contributed by atoms with van der Waals surface area (Å²) < 4.78 is 4.83. The lowest BCUT2D eigenvalue weighted by Gasteiger charge is -2.12. The topological polar surface area (TPSA) is 98.5 Å². The van der Waals surface area contributed by atoms with Crippen LogP contribution in [0.5, 0.6) is 0 Å². The fraction of sp³-hybridized carbons (Fsp3) is 0.231. The smallest absolute Gasteiger partial charge is 0.331 e. The molecule has 0 radical (unpaired) electrons. The average Bonchev–Trinajstić information content (AvgIpc) is 2.39. The molecule has 1 N–H and O–H groups in total. The number of nitro benzene ring substituents is 1. The Hall–Kier alpha value is -2.70. The van der Waals surface area contributed by atoms with Gasteiger partial charge in [0.1, 0.15) is 0 Å². The molecule has 0 aliphatic heterocycles. The highest BCUT2D eigenvalue weighted by Gasteiger charge is 2.17. The largest absolute Gasteiger partial charge is 0.449 e. The molecule has 0 heterocycles. The Bertz CT molecular complexity index is 553. The lowest BCUT2D eigenvalue weighted by atomic mass is 10.2. The molecule has 0 aromatic heterocycles. The second-order valence-corrected chi connectivity index (χ2v) is 3.88. The van der Waals surface area contributed by atoms with Gasteiger partial charge >= 0.3 is 5.97 Å². The van der Waals surface area contributed by atoms with Crippen molar-refractivity contribution in [2.75, 3.05) is 5.32 Å². The monoisotopic (exact) mass is 278 g/mol. The predicted molar refractivity (Wildman–Crippen MR) is 72.1 cm³/mol. The van der Waals surface area contributed by atoms with Crippen LogP contribution < -0.4 is 5.32 Å². The zero-order valence-corrected chi connectivity index (χ0v) is 11.0. The number of benzene rings is 1. The van der Waals surface area contributed by atoms with Gasteiger partial charge in [-0.15, -0.1) is 0 Å². The number of hydrogen-bond donors (Lipinski definition) is 1. The molecule has 0 fully saturated rings. The molecule has 0 aliphatic rings. The van der Waals surface area contributed by atoms with Crippen LogP contribution in [0.2, 0.25) is 0 Å². The third kappa shape index (κ3) is 4.52. The molecule has 0 aliphatic carbocycles. The summed E-state index contributed by atoms with van der Waals surface area (Å²) in [5, 5.41) is 13.0. The number of non-ortho nitro benzene ring substituents is 1. The second kappa shape index (κ2) is 7.03. The van der Waals surface area contributed by atoms with Gasteiger partial charge in [-0.25, -0.2) is 4.79 Å². The molecule has 1 aromatic rings. The van der Waals surface area contributed by atoms with Crippen molar-refractivity contribution in [1.29, 1.82) is 0 Å². The number of rotatable bonds is 5. The van der Waals surface area contributed by atoms with Crippen molar-refractivity contribution in [1.82, 2.24) is 0 Å². The van der Waals surface area contributed by atoms with Crippen LogP contribution in [0.25, 0.3) is 0 Å². The van der Waals surface area contributed by atoms with E-state index in [0.717, 1.165) is 0 Å². The molecular weight excluding hydrogens is 264 g/mol. The van der Waals surface area contributed by atoms with Crippen LogP contribution in [-0.2, 0) is 14.3 Å². The van der Waals surface area contributed by atoms with Crippen molar-refractivity contribution >= 4 is 23.3 Å². The van der Waals surface area contributed by atoms with Crippen LogP contribution in [0.15, 0.2) is 36.4 Å². The van der Waals surface area contributed by atoms with E-state index in [2.05, 4.69) is 5.32 Å². The number of nitrogens with one attached hydrogen (secondary N) is 1. The van der Waals surface area contributed by atoms with E-state index < -0.39 is 22.9 Å². The van der Waals surface area contributed by atoms with Crippen LogP contribution in [0, 0.1) is 10.1 Å². The SMILES string of the molecule is C/C=C/C(=O)O[C@@H](C)C(=O)Nc1cccc([N+](=O)[O-])c1. The van der Waals surface area contributed by atoms with Gasteiger partial charge < -0.3 is 10.1 Å². The number of esters is 1. The number of carbonyl (C=O) groups is 2. The van der Waals surface area contributed by atoms with Crippen molar-refractivity contribution in [3.8, 4) is 0 Å². The molecule has 0 saturated carbocycles. The van der Waals surface area contributed by atoms with Crippen LogP contribution in [-0.4, -0.2) is 22.9 Å². The lowest BCUT2D eigenvalue weighted by Crippen LogP contribution is -2.29. The maximum atomic E-state index is 11.8. The predicted octanol–water partition coefficient (Wildman–Crippen LogP) is 2.04. The minimum atomic E-state index is -1.00. The summed E-state index contributed by atoms with van der Waals surface area (Å²) in [6.07, 6.45) is 1.68. The summed E-state index contributed by atoms with van der Waals surface area (Å²) in [4.78, 5) is 33.0. The molecule has 20 heavy (non-hydrogen) atoms. The van der Waals surface area contributed by atoms with E-state index in [1.807, 2.05) is 0 Å². The number of nitro groups is 1. The van der Waals surface area contributed by atoms with Gasteiger partial charge in [-0.2, -0.15) is 0 Å². The molecule has 0 saturated heterocycles. The van der Waals surface area contributed by atoms with Gasteiger partial charge in [0.05, 0.1) is 4.92 Å². The van der Waals surface area contributed by atoms with E-state index in [-0.39, 0.29) is 11.4 Å². The Kier molecular flexibility index (Phi) is 5.40. The Labute approximate surface area is 115 Å². The first-order chi connectivity index (χ1) is 9.43. The summed E-state index contributed by atoms with van der Waals surface area (Å²) in [6, 6.07) is 5.49. The number of ether oxygens (including phenoxy) is 1. The molecule has 0 bridgehead atoms. The lowest BCUT2D eigenvalue weighted by molar-refractivity contribution is -0.384. The third-order valence-electron chi connectivity index (χ3n) is 2.29. The number of hydrogen-bond acceptors (Lipinski definition) is 5. The van der Waals surface area contributed by atoms with E-state index >= 15 is 0 Å². The van der Waals surface area contributed by atoms with Crippen molar-refractivity contribution in [3.05, 3.63) is 46.5 Å². The normalized spacial score (nSPS) is 11.9. The quantitative estimate of drug-likeness (QED) is 0.384. The minimum absolute atomic E-state index is 0.138. The van der Waals surface area contributed by atoms with E-state index in [9.17, 15) is 19.7 Å². The van der Waals surface area contributed by atoms with Gasteiger partial charge in [0, 0.05) is 23.9 Å². The van der Waals surface area contributed by atoms with Gasteiger partial charge in [-0.05, 0) is 19.9 Å². The number of anilines is 1. The highest BCUT2D eigenvalue weighted by Crippen LogP contribution is 2.17. The fourth-order valence-electron chi connectivity index (χ4n) is 1.34. The molecule has 106 valence electrons. The van der Waals surface area contributed by atoms with Gasteiger partial charge in [-0.3, -0.25) is 14.9 Å². The molecule has 0 spiro atoms.